The minimum atomic E-state index is -3.27. The Morgan fingerprint density at radius 3 is 2.33 bits per heavy atom. The average molecular weight is 341 g/mol. The van der Waals surface area contributed by atoms with Crippen LogP contribution >= 0.6 is 11.8 Å². The van der Waals surface area contributed by atoms with Gasteiger partial charge in [0.25, 0.3) is 0 Å². The molecule has 0 N–H and O–H groups in total. The fourth-order valence-electron chi connectivity index (χ4n) is 2.96. The van der Waals surface area contributed by atoms with E-state index in [0.29, 0.717) is 24.8 Å². The number of likely N-dealkylation sites (tertiary alicyclic amines) is 1. The van der Waals surface area contributed by atoms with E-state index in [4.69, 9.17) is 0 Å². The normalized spacial score (nSPS) is 27.5. The second kappa shape index (κ2) is 7.62. The highest BCUT2D eigenvalue weighted by Crippen LogP contribution is 2.28. The van der Waals surface area contributed by atoms with Crippen molar-refractivity contribution in [2.24, 2.45) is 0 Å². The van der Waals surface area contributed by atoms with Crippen molar-refractivity contribution in [2.75, 3.05) is 25.6 Å². The van der Waals surface area contributed by atoms with E-state index in [1.165, 1.54) is 10.6 Å². The maximum atomic E-state index is 13.9. The van der Waals surface area contributed by atoms with E-state index < -0.39 is 16.2 Å². The average Bonchev–Trinajstić information content (AvgIpc) is 2.73. The van der Waals surface area contributed by atoms with Crippen molar-refractivity contribution in [3.05, 3.63) is 0 Å². The van der Waals surface area contributed by atoms with Gasteiger partial charge in [-0.05, 0) is 33.4 Å². The van der Waals surface area contributed by atoms with Crippen LogP contribution in [0.4, 0.5) is 4.39 Å². The van der Waals surface area contributed by atoms with E-state index in [2.05, 4.69) is 25.0 Å². The maximum absolute atomic E-state index is 13.9. The molecule has 0 aromatic carbocycles. The van der Waals surface area contributed by atoms with Gasteiger partial charge in [0.15, 0.2) is 0 Å². The molecule has 1 aliphatic rings. The zero-order valence-electron chi connectivity index (χ0n) is 13.9. The second-order valence-corrected chi connectivity index (χ2v) is 9.44. The van der Waals surface area contributed by atoms with Crippen LogP contribution in [0.3, 0.4) is 0 Å². The van der Waals surface area contributed by atoms with Gasteiger partial charge in [-0.1, -0.05) is 6.92 Å². The van der Waals surface area contributed by atoms with Gasteiger partial charge >= 0.3 is 0 Å². The molecule has 21 heavy (non-hydrogen) atoms. The Hall–Kier alpha value is 0.150. The smallest absolute Gasteiger partial charge is 0.211 e. The molecule has 0 aromatic rings. The van der Waals surface area contributed by atoms with E-state index in [1.807, 2.05) is 13.8 Å². The van der Waals surface area contributed by atoms with Gasteiger partial charge in [0, 0.05) is 36.5 Å². The summed E-state index contributed by atoms with van der Waals surface area (Å²) in [4.78, 5) is 2.15. The Kier molecular flexibility index (Phi) is 6.96. The molecule has 4 nitrogen and oxygen atoms in total. The molecule has 1 rings (SSSR count). The summed E-state index contributed by atoms with van der Waals surface area (Å²) in [6.07, 6.45) is 2.84. The predicted molar refractivity (Wildman–Crippen MR) is 89.1 cm³/mol. The van der Waals surface area contributed by atoms with Crippen LogP contribution in [0, 0.1) is 0 Å². The highest BCUT2D eigenvalue weighted by Gasteiger charge is 2.39. The lowest BCUT2D eigenvalue weighted by Gasteiger charge is -2.36. The van der Waals surface area contributed by atoms with Gasteiger partial charge in [-0.2, -0.15) is 16.1 Å². The molecule has 126 valence electrons. The number of nitrogens with zero attached hydrogens (tertiary/aromatic N) is 2. The van der Waals surface area contributed by atoms with Crippen molar-refractivity contribution >= 4 is 21.8 Å². The highest BCUT2D eigenvalue weighted by atomic mass is 32.2. The molecule has 0 radical (unpaired) electrons. The Balaban J connectivity index is 2.88. The Bertz CT molecular complexity index is 431. The predicted octanol–water partition coefficient (Wildman–Crippen LogP) is 2.21. The summed E-state index contributed by atoms with van der Waals surface area (Å²) in [7, 11) is -3.27. The number of hydrogen-bond acceptors (Lipinski definition) is 4. The molecular weight excluding hydrogens is 311 g/mol. The first kappa shape index (κ1) is 19.2. The highest BCUT2D eigenvalue weighted by molar-refractivity contribution is 7.99. The number of alkyl halides is 1. The number of sulfonamides is 1. The zero-order valence-corrected chi connectivity index (χ0v) is 15.5. The van der Waals surface area contributed by atoms with Gasteiger partial charge in [0.05, 0.1) is 6.26 Å². The quantitative estimate of drug-likeness (QED) is 0.712. The molecule has 0 bridgehead atoms. The third kappa shape index (κ3) is 5.08. The summed E-state index contributed by atoms with van der Waals surface area (Å²) >= 11 is 1.76. The van der Waals surface area contributed by atoms with E-state index in [1.54, 1.807) is 11.8 Å². The summed E-state index contributed by atoms with van der Waals surface area (Å²) in [5.74, 6) is 0. The van der Waals surface area contributed by atoms with Gasteiger partial charge in [-0.25, -0.2) is 12.8 Å². The maximum Gasteiger partial charge on any atom is 0.211 e. The third-order valence-corrected chi connectivity index (χ3v) is 6.93. The summed E-state index contributed by atoms with van der Waals surface area (Å²) in [5.41, 5.74) is 0. The molecule has 0 aromatic heterocycles. The summed E-state index contributed by atoms with van der Waals surface area (Å²) in [6, 6.07) is 0.0924. The monoisotopic (exact) mass is 340 g/mol. The van der Waals surface area contributed by atoms with Crippen molar-refractivity contribution in [3.8, 4) is 0 Å². The Morgan fingerprint density at radius 2 is 1.90 bits per heavy atom. The van der Waals surface area contributed by atoms with Crippen LogP contribution in [-0.2, 0) is 10.0 Å². The van der Waals surface area contributed by atoms with Crippen LogP contribution < -0.4 is 0 Å². The topological polar surface area (TPSA) is 40.6 Å². The van der Waals surface area contributed by atoms with Crippen molar-refractivity contribution in [3.63, 3.8) is 0 Å². The standard InChI is InChI=1S/C14H29FN2O2S2/c1-10(2)17(21(6,18)19)9-14-7-13(15)8-16(14)11(3)12(4)20-5/h10-14H,7-9H2,1-6H3. The van der Waals surface area contributed by atoms with E-state index in [9.17, 15) is 12.8 Å². The molecule has 1 fully saturated rings. The van der Waals surface area contributed by atoms with E-state index in [0.717, 1.165) is 0 Å². The molecule has 1 aliphatic heterocycles. The largest absolute Gasteiger partial charge is 0.292 e. The fourth-order valence-corrected chi connectivity index (χ4v) is 4.72. The zero-order chi connectivity index (χ0) is 16.4. The number of halogens is 1. The number of thioether (sulfide) groups is 1. The van der Waals surface area contributed by atoms with Gasteiger partial charge in [0.2, 0.25) is 10.0 Å². The van der Waals surface area contributed by atoms with Gasteiger partial charge in [-0.15, -0.1) is 0 Å². The van der Waals surface area contributed by atoms with E-state index in [-0.39, 0.29) is 18.1 Å². The molecule has 0 amide bonds. The van der Waals surface area contributed by atoms with Gasteiger partial charge in [0.1, 0.15) is 6.17 Å². The minimum absolute atomic E-state index is 0.0401. The summed E-state index contributed by atoms with van der Waals surface area (Å²) in [5, 5.41) is 0.392. The second-order valence-electron chi connectivity index (χ2n) is 6.29. The van der Waals surface area contributed by atoms with Crippen LogP contribution in [-0.4, -0.2) is 72.8 Å². The van der Waals surface area contributed by atoms with Crippen LogP contribution in [0.5, 0.6) is 0 Å². The molecule has 4 atom stereocenters. The van der Waals surface area contributed by atoms with Gasteiger partial charge in [-0.3, -0.25) is 4.90 Å². The van der Waals surface area contributed by atoms with Gasteiger partial charge < -0.3 is 0 Å². The molecule has 0 aliphatic carbocycles. The molecular formula is C14H29FN2O2S2. The van der Waals surface area contributed by atoms with Crippen LogP contribution in [0.2, 0.25) is 0 Å². The lowest BCUT2D eigenvalue weighted by Crippen LogP contribution is -2.49. The van der Waals surface area contributed by atoms with Crippen LogP contribution in [0.25, 0.3) is 0 Å². The molecule has 7 heteroatoms. The summed E-state index contributed by atoms with van der Waals surface area (Å²) < 4.78 is 39.2. The third-order valence-electron chi connectivity index (χ3n) is 4.37. The lowest BCUT2D eigenvalue weighted by molar-refractivity contribution is 0.158. The Labute approximate surface area is 133 Å². The molecule has 1 saturated heterocycles. The van der Waals surface area contributed by atoms with Crippen molar-refractivity contribution in [1.82, 2.24) is 9.21 Å². The first-order valence-corrected chi connectivity index (χ1v) is 10.6. The molecule has 0 saturated carbocycles. The molecule has 1 heterocycles. The van der Waals surface area contributed by atoms with E-state index >= 15 is 0 Å². The SMILES string of the molecule is CSC(C)C(C)N1CC(F)CC1CN(C(C)C)S(C)(=O)=O. The van der Waals surface area contributed by atoms with Crippen molar-refractivity contribution in [1.29, 1.82) is 0 Å². The van der Waals surface area contributed by atoms with Crippen molar-refractivity contribution < 1.29 is 12.8 Å². The minimum Gasteiger partial charge on any atom is -0.292 e. The first-order valence-electron chi connectivity index (χ1n) is 7.47. The number of hydrogen-bond donors (Lipinski definition) is 0. The number of rotatable bonds is 7. The molecule has 4 unspecified atom stereocenters. The summed E-state index contributed by atoms with van der Waals surface area (Å²) in [6.45, 7) is 8.75. The van der Waals surface area contributed by atoms with Crippen LogP contribution in [0.1, 0.15) is 34.1 Å². The first-order chi connectivity index (χ1) is 9.57. The van der Waals surface area contributed by atoms with Crippen molar-refractivity contribution in [2.45, 2.75) is 63.7 Å². The molecule has 0 spiro atoms. The fraction of sp³-hybridized carbons (Fsp3) is 1.00. The Morgan fingerprint density at radius 1 is 1.33 bits per heavy atom. The van der Waals surface area contributed by atoms with Crippen LogP contribution in [0.15, 0.2) is 0 Å². The lowest BCUT2D eigenvalue weighted by atomic mass is 10.1.